The molecule has 3 aromatic carbocycles. The van der Waals surface area contributed by atoms with E-state index < -0.39 is 0 Å². The highest BCUT2D eigenvalue weighted by Gasteiger charge is 2.24. The van der Waals surface area contributed by atoms with E-state index >= 15 is 0 Å². The predicted molar refractivity (Wildman–Crippen MR) is 145 cm³/mol. The standard InChI is InChI=1S/C29H24Cl3N2/c1-19-28(34-15-13-21(14-16-34)20-5-3-2-4-6-20)18-26(25-12-11-24(31)17-27(25)32)29(33-19)22-7-9-23(30)10-8-22/h2-12,17-18H,13-16H2,1H3. The minimum absolute atomic E-state index is 0.609. The molecule has 0 amide bonds. The lowest BCUT2D eigenvalue weighted by Gasteiger charge is -2.34. The van der Waals surface area contributed by atoms with E-state index in [2.05, 4.69) is 48.2 Å². The van der Waals surface area contributed by atoms with Gasteiger partial charge in [-0.15, -0.1) is 0 Å². The summed E-state index contributed by atoms with van der Waals surface area (Å²) in [7, 11) is 0. The van der Waals surface area contributed by atoms with Crippen molar-refractivity contribution in [1.82, 2.24) is 4.98 Å². The van der Waals surface area contributed by atoms with Gasteiger partial charge in [-0.2, -0.15) is 0 Å². The van der Waals surface area contributed by atoms with E-state index in [4.69, 9.17) is 39.8 Å². The molecule has 5 heteroatoms. The molecule has 1 saturated heterocycles. The molecule has 34 heavy (non-hydrogen) atoms. The van der Waals surface area contributed by atoms with Crippen LogP contribution in [0.25, 0.3) is 22.4 Å². The molecule has 0 saturated carbocycles. The van der Waals surface area contributed by atoms with Gasteiger partial charge in [0.25, 0.3) is 0 Å². The molecule has 1 aliphatic rings. The van der Waals surface area contributed by atoms with E-state index in [1.807, 2.05) is 36.4 Å². The van der Waals surface area contributed by atoms with Crippen molar-refractivity contribution in [2.45, 2.75) is 19.8 Å². The number of rotatable bonds is 4. The van der Waals surface area contributed by atoms with Crippen LogP contribution >= 0.6 is 34.8 Å². The zero-order chi connectivity index (χ0) is 23.7. The Morgan fingerprint density at radius 3 is 2.06 bits per heavy atom. The molecular weight excluding hydrogens is 483 g/mol. The molecule has 4 aromatic rings. The van der Waals surface area contributed by atoms with Crippen molar-refractivity contribution in [1.29, 1.82) is 0 Å². The highest BCUT2D eigenvalue weighted by Crippen LogP contribution is 2.40. The Balaban J connectivity index is 1.53. The predicted octanol–water partition coefficient (Wildman–Crippen LogP) is 8.91. The van der Waals surface area contributed by atoms with E-state index in [0.29, 0.717) is 15.1 Å². The molecule has 2 nitrogen and oxygen atoms in total. The van der Waals surface area contributed by atoms with E-state index in [1.54, 1.807) is 6.07 Å². The van der Waals surface area contributed by atoms with E-state index in [1.165, 1.54) is 11.5 Å². The molecule has 0 unspecified atom stereocenters. The maximum absolute atomic E-state index is 6.66. The second-order valence-electron chi connectivity index (χ2n) is 8.58. The topological polar surface area (TPSA) is 16.1 Å². The van der Waals surface area contributed by atoms with Gasteiger partial charge in [0.15, 0.2) is 0 Å². The lowest BCUT2D eigenvalue weighted by atomic mass is 9.89. The van der Waals surface area contributed by atoms with Crippen LogP contribution in [0.15, 0.2) is 78.9 Å². The van der Waals surface area contributed by atoms with E-state index in [-0.39, 0.29) is 0 Å². The van der Waals surface area contributed by atoms with Gasteiger partial charge in [-0.1, -0.05) is 83.3 Å². The minimum atomic E-state index is 0.609. The summed E-state index contributed by atoms with van der Waals surface area (Å²) in [4.78, 5) is 7.52. The molecule has 0 aliphatic carbocycles. The fourth-order valence-corrected chi connectivity index (χ4v) is 5.27. The normalized spacial score (nSPS) is 14.4. The van der Waals surface area contributed by atoms with Gasteiger partial charge in [0, 0.05) is 50.8 Å². The number of pyridine rings is 1. The number of hydrogen-bond donors (Lipinski definition) is 0. The van der Waals surface area contributed by atoms with Crippen molar-refractivity contribution in [2.75, 3.05) is 18.0 Å². The SMILES string of the molecule is Cc1nc(-c2ccc(Cl)cc2)c(-c2ccc(Cl)cc2Cl)cc1N1CC[C](c2ccccc2)CC1. The summed E-state index contributed by atoms with van der Waals surface area (Å²) in [6.07, 6.45) is 2.08. The molecule has 1 fully saturated rings. The first-order chi connectivity index (χ1) is 16.5. The smallest absolute Gasteiger partial charge is 0.0785 e. The Hall–Kier alpha value is -2.52. The fourth-order valence-electron chi connectivity index (χ4n) is 4.64. The Kier molecular flexibility index (Phi) is 6.83. The molecule has 2 heterocycles. The number of anilines is 1. The summed E-state index contributed by atoms with van der Waals surface area (Å²) < 4.78 is 0. The number of benzene rings is 3. The molecule has 0 spiro atoms. The molecule has 0 atom stereocenters. The summed E-state index contributed by atoms with van der Waals surface area (Å²) in [5.74, 6) is 1.52. The molecule has 1 aromatic heterocycles. The summed E-state index contributed by atoms with van der Waals surface area (Å²) >= 11 is 19.0. The number of hydrogen-bond acceptors (Lipinski definition) is 2. The largest absolute Gasteiger partial charge is 0.370 e. The van der Waals surface area contributed by atoms with Crippen molar-refractivity contribution in [3.63, 3.8) is 0 Å². The van der Waals surface area contributed by atoms with Crippen LogP contribution in [-0.2, 0) is 0 Å². The van der Waals surface area contributed by atoms with E-state index in [9.17, 15) is 0 Å². The number of aromatic nitrogens is 1. The average molecular weight is 507 g/mol. The molecular formula is C29H24Cl3N2. The lowest BCUT2D eigenvalue weighted by Crippen LogP contribution is -2.33. The van der Waals surface area contributed by atoms with Crippen molar-refractivity contribution in [2.24, 2.45) is 0 Å². The number of nitrogens with zero attached hydrogens (tertiary/aromatic N) is 2. The van der Waals surface area contributed by atoms with Gasteiger partial charge in [0.05, 0.1) is 17.1 Å². The summed E-state index contributed by atoms with van der Waals surface area (Å²) in [6.45, 7) is 4.00. The zero-order valence-electron chi connectivity index (χ0n) is 18.9. The highest BCUT2D eigenvalue weighted by atomic mass is 35.5. The van der Waals surface area contributed by atoms with Crippen molar-refractivity contribution in [3.8, 4) is 22.4 Å². The molecule has 1 aliphatic heterocycles. The second-order valence-corrected chi connectivity index (χ2v) is 9.86. The third-order valence-electron chi connectivity index (χ3n) is 6.42. The van der Waals surface area contributed by atoms with Crippen LogP contribution in [0, 0.1) is 12.8 Å². The fraction of sp³-hybridized carbons (Fsp3) is 0.172. The van der Waals surface area contributed by atoms with Gasteiger partial charge < -0.3 is 4.90 Å². The van der Waals surface area contributed by atoms with E-state index in [0.717, 1.165) is 59.7 Å². The van der Waals surface area contributed by atoms with Crippen LogP contribution in [0.3, 0.4) is 0 Å². The molecule has 0 bridgehead atoms. The maximum atomic E-state index is 6.66. The van der Waals surface area contributed by atoms with Crippen LogP contribution in [0.1, 0.15) is 24.1 Å². The molecule has 1 radical (unpaired) electrons. The van der Waals surface area contributed by atoms with Crippen LogP contribution in [-0.4, -0.2) is 18.1 Å². The van der Waals surface area contributed by atoms with Gasteiger partial charge in [-0.3, -0.25) is 4.98 Å². The average Bonchev–Trinajstić information content (AvgIpc) is 2.85. The summed E-state index contributed by atoms with van der Waals surface area (Å²) in [5, 5.41) is 1.92. The van der Waals surface area contributed by atoms with Gasteiger partial charge in [0.1, 0.15) is 0 Å². The molecule has 171 valence electrons. The Morgan fingerprint density at radius 1 is 0.706 bits per heavy atom. The number of piperidine rings is 1. The highest BCUT2D eigenvalue weighted by molar-refractivity contribution is 6.36. The third-order valence-corrected chi connectivity index (χ3v) is 7.21. The first-order valence-electron chi connectivity index (χ1n) is 11.4. The number of aryl methyl sites for hydroxylation is 1. The Morgan fingerprint density at radius 2 is 1.38 bits per heavy atom. The monoisotopic (exact) mass is 505 g/mol. The van der Waals surface area contributed by atoms with Crippen LogP contribution in [0.5, 0.6) is 0 Å². The second kappa shape index (κ2) is 10.00. The summed E-state index contributed by atoms with van der Waals surface area (Å²) in [5.41, 5.74) is 7.28. The lowest BCUT2D eigenvalue weighted by molar-refractivity contribution is 0.627. The van der Waals surface area contributed by atoms with Gasteiger partial charge in [-0.25, -0.2) is 0 Å². The Bertz CT molecular complexity index is 1300. The van der Waals surface area contributed by atoms with Gasteiger partial charge in [-0.05, 0) is 55.7 Å². The first-order valence-corrected chi connectivity index (χ1v) is 12.5. The summed E-state index contributed by atoms with van der Waals surface area (Å²) in [6, 6.07) is 26.3. The zero-order valence-corrected chi connectivity index (χ0v) is 21.1. The van der Waals surface area contributed by atoms with Crippen LogP contribution in [0.2, 0.25) is 15.1 Å². The quantitative estimate of drug-likeness (QED) is 0.275. The van der Waals surface area contributed by atoms with Crippen molar-refractivity contribution < 1.29 is 0 Å². The molecule has 5 rings (SSSR count). The molecule has 0 N–H and O–H groups in total. The first kappa shape index (κ1) is 23.2. The van der Waals surface area contributed by atoms with Crippen molar-refractivity contribution in [3.05, 3.63) is 111 Å². The van der Waals surface area contributed by atoms with Crippen LogP contribution < -0.4 is 4.90 Å². The van der Waals surface area contributed by atoms with Gasteiger partial charge in [0.2, 0.25) is 0 Å². The Labute approximate surface area is 216 Å². The van der Waals surface area contributed by atoms with Crippen LogP contribution in [0.4, 0.5) is 5.69 Å². The van der Waals surface area contributed by atoms with Crippen molar-refractivity contribution >= 4 is 40.5 Å². The van der Waals surface area contributed by atoms with Gasteiger partial charge >= 0.3 is 0 Å². The number of halogens is 3. The third kappa shape index (κ3) is 4.81. The maximum Gasteiger partial charge on any atom is 0.0785 e. The minimum Gasteiger partial charge on any atom is -0.370 e.